The van der Waals surface area contributed by atoms with Crippen LogP contribution in [-0.2, 0) is 19.1 Å². The lowest BCUT2D eigenvalue weighted by atomic mass is 9.58. The van der Waals surface area contributed by atoms with E-state index in [1.165, 1.54) is 6.92 Å². The molecule has 1 aliphatic carbocycles. The van der Waals surface area contributed by atoms with Crippen molar-refractivity contribution in [3.05, 3.63) is 12.2 Å². The molecule has 1 saturated carbocycles. The van der Waals surface area contributed by atoms with Crippen LogP contribution in [0.15, 0.2) is 12.2 Å². The second-order valence-electron chi connectivity index (χ2n) is 8.81. The van der Waals surface area contributed by atoms with E-state index in [1.54, 1.807) is 0 Å². The molecule has 6 atom stereocenters. The molecule has 2 bridgehead atoms. The summed E-state index contributed by atoms with van der Waals surface area (Å²) in [6, 6.07) is 0. The van der Waals surface area contributed by atoms with Gasteiger partial charge in [0.25, 0.3) is 0 Å². The minimum absolute atomic E-state index is 0.0107. The maximum Gasteiger partial charge on any atom is 0.303 e. The molecule has 4 nitrogen and oxygen atoms in total. The number of carbonyl (C=O) groups is 2. The number of Topliss-reactive ketones (excluding diaryl/α,β-unsaturated/α-hetero) is 1. The van der Waals surface area contributed by atoms with E-state index in [-0.39, 0.29) is 35.8 Å². The van der Waals surface area contributed by atoms with Crippen LogP contribution < -0.4 is 0 Å². The summed E-state index contributed by atoms with van der Waals surface area (Å²) in [6.07, 6.45) is 4.44. The third-order valence-corrected chi connectivity index (χ3v) is 6.68. The van der Waals surface area contributed by atoms with E-state index in [9.17, 15) is 9.59 Å². The van der Waals surface area contributed by atoms with Gasteiger partial charge in [-0.15, -0.1) is 0 Å². The summed E-state index contributed by atoms with van der Waals surface area (Å²) in [7, 11) is 0. The van der Waals surface area contributed by atoms with E-state index < -0.39 is 5.60 Å². The molecule has 3 rings (SSSR count). The predicted molar refractivity (Wildman–Crippen MR) is 96.0 cm³/mol. The number of carbonyl (C=O) groups excluding carboxylic acids is 2. The highest BCUT2D eigenvalue weighted by atomic mass is 16.6. The molecule has 0 aromatic carbocycles. The third-order valence-electron chi connectivity index (χ3n) is 6.68. The minimum atomic E-state index is -0.555. The molecule has 3 fully saturated rings. The number of fused-ring (bicyclic) bond motifs is 5. The molecule has 0 aromatic heterocycles. The van der Waals surface area contributed by atoms with Crippen LogP contribution in [0.1, 0.15) is 66.2 Å². The Morgan fingerprint density at radius 1 is 1.36 bits per heavy atom. The van der Waals surface area contributed by atoms with Crippen LogP contribution in [0.4, 0.5) is 0 Å². The fourth-order valence-electron chi connectivity index (χ4n) is 5.65. The van der Waals surface area contributed by atoms with Gasteiger partial charge in [0.05, 0.1) is 12.2 Å². The lowest BCUT2D eigenvalue weighted by Crippen LogP contribution is -2.53. The second-order valence-corrected chi connectivity index (χ2v) is 8.81. The van der Waals surface area contributed by atoms with Gasteiger partial charge in [-0.25, -0.2) is 0 Å². The summed E-state index contributed by atoms with van der Waals surface area (Å²) in [5.74, 6) is 1.41. The largest absolute Gasteiger partial charge is 0.459 e. The average Bonchev–Trinajstić information content (AvgIpc) is 2.88. The fourth-order valence-corrected chi connectivity index (χ4v) is 5.65. The van der Waals surface area contributed by atoms with Crippen molar-refractivity contribution < 1.29 is 19.1 Å². The SMILES string of the molecule is C=C1CCCC(=O)C[C@H]2O[C@@H]1[C@H]1[C@@H]2[C@](C)(OC(C)=O)CC[C@@H]1C(C)C. The Balaban J connectivity index is 2.02. The van der Waals surface area contributed by atoms with Crippen LogP contribution >= 0.6 is 0 Å². The van der Waals surface area contributed by atoms with Gasteiger partial charge in [0, 0.05) is 31.6 Å². The van der Waals surface area contributed by atoms with Gasteiger partial charge in [-0.2, -0.15) is 0 Å². The molecule has 3 aliphatic rings. The first-order valence-corrected chi connectivity index (χ1v) is 9.77. The quantitative estimate of drug-likeness (QED) is 0.557. The molecule has 140 valence electrons. The van der Waals surface area contributed by atoms with Crippen LogP contribution in [0, 0.1) is 23.7 Å². The average molecular weight is 348 g/mol. The Hall–Kier alpha value is -1.16. The van der Waals surface area contributed by atoms with E-state index in [1.807, 2.05) is 6.92 Å². The number of ketones is 1. The lowest BCUT2D eigenvalue weighted by Gasteiger charge is -2.49. The van der Waals surface area contributed by atoms with Crippen LogP contribution in [0.3, 0.4) is 0 Å². The molecule has 2 aliphatic heterocycles. The van der Waals surface area contributed by atoms with E-state index >= 15 is 0 Å². The summed E-state index contributed by atoms with van der Waals surface area (Å²) in [5.41, 5.74) is 0.561. The van der Waals surface area contributed by atoms with Crippen molar-refractivity contribution in [1.82, 2.24) is 0 Å². The second kappa shape index (κ2) is 6.86. The van der Waals surface area contributed by atoms with Gasteiger partial charge >= 0.3 is 5.97 Å². The standard InChI is InChI=1S/C21H32O4/c1-12(2)16-9-10-21(5,25-14(4)22)19-17-11-15(23)8-6-7-13(3)20(24-17)18(16)19/h12,16-20H,3,6-11H2,1-2,4-5H3/t16-,17-,18-,19-,20+,21-/m1/s1. The number of ether oxygens (including phenoxy) is 2. The van der Waals surface area contributed by atoms with E-state index in [2.05, 4.69) is 20.4 Å². The zero-order valence-electron chi connectivity index (χ0n) is 16.0. The minimum Gasteiger partial charge on any atom is -0.459 e. The van der Waals surface area contributed by atoms with Crippen LogP contribution in [0.5, 0.6) is 0 Å². The van der Waals surface area contributed by atoms with Crippen molar-refractivity contribution >= 4 is 11.8 Å². The van der Waals surface area contributed by atoms with Crippen LogP contribution in [-0.4, -0.2) is 29.6 Å². The van der Waals surface area contributed by atoms with Crippen molar-refractivity contribution in [2.45, 2.75) is 84.0 Å². The summed E-state index contributed by atoms with van der Waals surface area (Å²) >= 11 is 0. The molecule has 0 aromatic rings. The zero-order valence-corrected chi connectivity index (χ0v) is 16.0. The summed E-state index contributed by atoms with van der Waals surface area (Å²) in [6.45, 7) is 12.4. The molecular formula is C21H32O4. The predicted octanol–water partition coefficient (Wildman–Crippen LogP) is 4.07. The molecule has 0 N–H and O–H groups in total. The number of hydrogen-bond donors (Lipinski definition) is 0. The Bertz CT molecular complexity index is 566. The topological polar surface area (TPSA) is 52.6 Å². The van der Waals surface area contributed by atoms with Crippen molar-refractivity contribution in [2.24, 2.45) is 23.7 Å². The van der Waals surface area contributed by atoms with E-state index in [0.29, 0.717) is 24.7 Å². The van der Waals surface area contributed by atoms with Crippen LogP contribution in [0.2, 0.25) is 0 Å². The molecule has 0 spiro atoms. The highest BCUT2D eigenvalue weighted by molar-refractivity contribution is 5.79. The first-order chi connectivity index (χ1) is 11.7. The summed E-state index contributed by atoms with van der Waals surface area (Å²) in [5, 5.41) is 0. The Morgan fingerprint density at radius 2 is 2.08 bits per heavy atom. The molecule has 2 saturated heterocycles. The monoisotopic (exact) mass is 348 g/mol. The molecule has 0 radical (unpaired) electrons. The van der Waals surface area contributed by atoms with E-state index in [4.69, 9.17) is 9.47 Å². The first-order valence-electron chi connectivity index (χ1n) is 9.77. The van der Waals surface area contributed by atoms with Gasteiger partial charge < -0.3 is 9.47 Å². The molecular weight excluding hydrogens is 316 g/mol. The van der Waals surface area contributed by atoms with Crippen LogP contribution in [0.25, 0.3) is 0 Å². The number of esters is 1. The maximum absolute atomic E-state index is 12.4. The Morgan fingerprint density at radius 3 is 2.72 bits per heavy atom. The first kappa shape index (κ1) is 18.6. The van der Waals surface area contributed by atoms with Gasteiger partial charge in [-0.1, -0.05) is 20.4 Å². The maximum atomic E-state index is 12.4. The van der Waals surface area contributed by atoms with Gasteiger partial charge in [-0.05, 0) is 50.0 Å². The highest BCUT2D eigenvalue weighted by Crippen LogP contribution is 2.56. The summed E-state index contributed by atoms with van der Waals surface area (Å²) in [4.78, 5) is 24.2. The molecule has 25 heavy (non-hydrogen) atoms. The van der Waals surface area contributed by atoms with Gasteiger partial charge in [0.15, 0.2) is 0 Å². The van der Waals surface area contributed by atoms with Crippen molar-refractivity contribution in [3.63, 3.8) is 0 Å². The highest BCUT2D eigenvalue weighted by Gasteiger charge is 2.60. The molecule has 0 unspecified atom stereocenters. The van der Waals surface area contributed by atoms with Crippen molar-refractivity contribution in [2.75, 3.05) is 0 Å². The zero-order chi connectivity index (χ0) is 18.4. The number of hydrogen-bond acceptors (Lipinski definition) is 4. The fraction of sp³-hybridized carbons (Fsp3) is 0.810. The lowest BCUT2D eigenvalue weighted by molar-refractivity contribution is -0.173. The molecule has 0 amide bonds. The van der Waals surface area contributed by atoms with Gasteiger partial charge in [0.1, 0.15) is 11.4 Å². The van der Waals surface area contributed by atoms with Gasteiger partial charge in [0.2, 0.25) is 0 Å². The molecule has 2 heterocycles. The molecule has 4 heteroatoms. The third kappa shape index (κ3) is 3.42. The Kier molecular flexibility index (Phi) is 5.11. The van der Waals surface area contributed by atoms with Gasteiger partial charge in [-0.3, -0.25) is 9.59 Å². The normalized spacial score (nSPS) is 41.7. The van der Waals surface area contributed by atoms with E-state index in [0.717, 1.165) is 31.3 Å². The smallest absolute Gasteiger partial charge is 0.303 e. The van der Waals surface area contributed by atoms with Crippen molar-refractivity contribution in [3.8, 4) is 0 Å². The van der Waals surface area contributed by atoms with Crippen molar-refractivity contribution in [1.29, 1.82) is 0 Å². The summed E-state index contributed by atoms with van der Waals surface area (Å²) < 4.78 is 12.3. The Labute approximate surface area is 151 Å². The number of rotatable bonds is 2.